The lowest BCUT2D eigenvalue weighted by molar-refractivity contribution is 0.395. The Kier molecular flexibility index (Phi) is 6.10. The second kappa shape index (κ2) is 8.89. The van der Waals surface area contributed by atoms with Gasteiger partial charge in [0.25, 0.3) is 0 Å². The van der Waals surface area contributed by atoms with Gasteiger partial charge >= 0.3 is 0 Å². The summed E-state index contributed by atoms with van der Waals surface area (Å²) in [5, 5.41) is 6.59. The molecule has 0 aliphatic carbocycles. The molecule has 2 aromatic carbocycles. The predicted molar refractivity (Wildman–Crippen MR) is 108 cm³/mol. The third-order valence-corrected chi connectivity index (χ3v) is 4.07. The van der Waals surface area contributed by atoms with Gasteiger partial charge in [-0.15, -0.1) is 0 Å². The maximum absolute atomic E-state index is 5.43. The highest BCUT2D eigenvalue weighted by Gasteiger charge is 2.08. The summed E-state index contributed by atoms with van der Waals surface area (Å²) in [5.41, 5.74) is 2.97. The van der Waals surface area contributed by atoms with Crippen LogP contribution in [0.2, 0.25) is 0 Å². The Hall–Kier alpha value is -3.28. The molecule has 1 heterocycles. The van der Waals surface area contributed by atoms with Crippen LogP contribution in [0.25, 0.3) is 0 Å². The minimum Gasteiger partial charge on any atom is -0.497 e. The van der Waals surface area contributed by atoms with Crippen LogP contribution >= 0.6 is 0 Å². The van der Waals surface area contributed by atoms with E-state index in [4.69, 9.17) is 9.47 Å². The number of hydrogen-bond donors (Lipinski definition) is 2. The maximum atomic E-state index is 5.43. The zero-order valence-electron chi connectivity index (χ0n) is 15.8. The second-order valence-electron chi connectivity index (χ2n) is 6.07. The molecule has 0 saturated heterocycles. The topological polar surface area (TPSA) is 68.3 Å². The van der Waals surface area contributed by atoms with E-state index in [1.54, 1.807) is 14.2 Å². The highest BCUT2D eigenvalue weighted by molar-refractivity contribution is 5.66. The largest absolute Gasteiger partial charge is 0.497 e. The third kappa shape index (κ3) is 5.10. The number of rotatable bonds is 8. The van der Waals surface area contributed by atoms with Crippen LogP contribution in [0.1, 0.15) is 11.3 Å². The van der Waals surface area contributed by atoms with Crippen LogP contribution in [-0.4, -0.2) is 30.7 Å². The second-order valence-corrected chi connectivity index (χ2v) is 6.07. The van der Waals surface area contributed by atoms with Crippen molar-refractivity contribution in [3.05, 3.63) is 65.9 Å². The van der Waals surface area contributed by atoms with Crippen molar-refractivity contribution in [3.8, 4) is 11.5 Å². The Morgan fingerprint density at radius 2 is 1.74 bits per heavy atom. The molecule has 0 amide bonds. The van der Waals surface area contributed by atoms with Gasteiger partial charge in [0.2, 0.25) is 5.95 Å². The van der Waals surface area contributed by atoms with Gasteiger partial charge < -0.3 is 20.1 Å². The van der Waals surface area contributed by atoms with Gasteiger partial charge in [0.1, 0.15) is 17.3 Å². The summed E-state index contributed by atoms with van der Waals surface area (Å²) in [6.07, 6.45) is 0.910. The van der Waals surface area contributed by atoms with Gasteiger partial charge in [0.05, 0.1) is 19.9 Å². The van der Waals surface area contributed by atoms with Crippen molar-refractivity contribution in [2.24, 2.45) is 0 Å². The first kappa shape index (κ1) is 18.5. The fraction of sp³-hybridized carbons (Fsp3) is 0.238. The van der Waals surface area contributed by atoms with Gasteiger partial charge in [-0.3, -0.25) is 0 Å². The summed E-state index contributed by atoms with van der Waals surface area (Å²) in [7, 11) is 3.25. The van der Waals surface area contributed by atoms with Gasteiger partial charge in [0.15, 0.2) is 0 Å². The Morgan fingerprint density at radius 1 is 0.926 bits per heavy atom. The first-order valence-electron chi connectivity index (χ1n) is 8.80. The molecule has 0 spiro atoms. The summed E-state index contributed by atoms with van der Waals surface area (Å²) in [5.74, 6) is 2.72. The van der Waals surface area contributed by atoms with Crippen molar-refractivity contribution < 1.29 is 9.47 Å². The van der Waals surface area contributed by atoms with Crippen molar-refractivity contribution in [1.29, 1.82) is 0 Å². The molecule has 0 aliphatic heterocycles. The van der Waals surface area contributed by atoms with Crippen LogP contribution in [0.5, 0.6) is 11.5 Å². The standard InChI is InChI=1S/C21H24N4O2/c1-15-13-20(24-18-10-9-17(26-2)14-19(18)27-3)25-21(23-15)22-12-11-16-7-5-4-6-8-16/h4-10,13-14H,11-12H2,1-3H3,(H2,22,23,24,25). The van der Waals surface area contributed by atoms with Gasteiger partial charge in [-0.1, -0.05) is 30.3 Å². The van der Waals surface area contributed by atoms with Gasteiger partial charge in [0, 0.05) is 24.4 Å². The average molecular weight is 364 g/mol. The van der Waals surface area contributed by atoms with Crippen LogP contribution in [0.3, 0.4) is 0 Å². The van der Waals surface area contributed by atoms with Gasteiger partial charge in [-0.05, 0) is 31.0 Å². The lowest BCUT2D eigenvalue weighted by Crippen LogP contribution is -2.09. The molecular formula is C21H24N4O2. The van der Waals surface area contributed by atoms with Crippen molar-refractivity contribution >= 4 is 17.5 Å². The molecule has 0 aliphatic rings. The first-order chi connectivity index (χ1) is 13.2. The van der Waals surface area contributed by atoms with Crippen LogP contribution in [-0.2, 0) is 6.42 Å². The molecular weight excluding hydrogens is 340 g/mol. The number of methoxy groups -OCH3 is 2. The van der Waals surface area contributed by atoms with Crippen molar-refractivity contribution in [2.45, 2.75) is 13.3 Å². The summed E-state index contributed by atoms with van der Waals surface area (Å²) >= 11 is 0. The third-order valence-electron chi connectivity index (χ3n) is 4.07. The zero-order chi connectivity index (χ0) is 19.1. The van der Waals surface area contributed by atoms with E-state index >= 15 is 0 Å². The molecule has 6 heteroatoms. The molecule has 3 rings (SSSR count). The Balaban J connectivity index is 1.70. The smallest absolute Gasteiger partial charge is 0.224 e. The SMILES string of the molecule is COc1ccc(Nc2cc(C)nc(NCCc3ccccc3)n2)c(OC)c1. The number of anilines is 3. The van der Waals surface area contributed by atoms with Crippen molar-refractivity contribution in [1.82, 2.24) is 9.97 Å². The molecule has 140 valence electrons. The van der Waals surface area contributed by atoms with E-state index in [0.717, 1.165) is 30.1 Å². The first-order valence-corrected chi connectivity index (χ1v) is 8.80. The quantitative estimate of drug-likeness (QED) is 0.624. The van der Waals surface area contributed by atoms with Crippen LogP contribution in [0, 0.1) is 6.92 Å². The Bertz CT molecular complexity index is 885. The van der Waals surface area contributed by atoms with E-state index in [1.165, 1.54) is 5.56 Å². The number of nitrogens with one attached hydrogen (secondary N) is 2. The number of ether oxygens (including phenoxy) is 2. The van der Waals surface area contributed by atoms with Crippen LogP contribution < -0.4 is 20.1 Å². The molecule has 27 heavy (non-hydrogen) atoms. The van der Waals surface area contributed by atoms with E-state index in [2.05, 4.69) is 32.7 Å². The molecule has 2 N–H and O–H groups in total. The summed E-state index contributed by atoms with van der Waals surface area (Å²) < 4.78 is 10.7. The predicted octanol–water partition coefficient (Wildman–Crippen LogP) is 4.20. The minimum atomic E-state index is 0.598. The van der Waals surface area contributed by atoms with Crippen LogP contribution in [0.4, 0.5) is 17.5 Å². The normalized spacial score (nSPS) is 10.3. The van der Waals surface area contributed by atoms with E-state index in [0.29, 0.717) is 17.5 Å². The molecule has 3 aromatic rings. The molecule has 6 nitrogen and oxygen atoms in total. The molecule has 1 aromatic heterocycles. The van der Waals surface area contributed by atoms with Crippen LogP contribution in [0.15, 0.2) is 54.6 Å². The monoisotopic (exact) mass is 364 g/mol. The fourth-order valence-electron chi connectivity index (χ4n) is 2.71. The van der Waals surface area contributed by atoms with Crippen molar-refractivity contribution in [3.63, 3.8) is 0 Å². The molecule has 0 unspecified atom stereocenters. The molecule has 0 saturated carbocycles. The Morgan fingerprint density at radius 3 is 2.48 bits per heavy atom. The molecule has 0 fully saturated rings. The van der Waals surface area contributed by atoms with E-state index in [-0.39, 0.29) is 0 Å². The zero-order valence-corrected chi connectivity index (χ0v) is 15.8. The van der Waals surface area contributed by atoms with Gasteiger partial charge in [-0.2, -0.15) is 4.98 Å². The number of hydrogen-bond acceptors (Lipinski definition) is 6. The summed E-state index contributed by atoms with van der Waals surface area (Å²) in [4.78, 5) is 9.02. The molecule has 0 atom stereocenters. The number of aryl methyl sites for hydroxylation is 1. The highest BCUT2D eigenvalue weighted by atomic mass is 16.5. The van der Waals surface area contributed by atoms with Gasteiger partial charge in [-0.25, -0.2) is 4.98 Å². The number of nitrogens with zero attached hydrogens (tertiary/aromatic N) is 2. The summed E-state index contributed by atoms with van der Waals surface area (Å²) in [6.45, 7) is 2.71. The lowest BCUT2D eigenvalue weighted by Gasteiger charge is -2.13. The average Bonchev–Trinajstić information content (AvgIpc) is 2.69. The van der Waals surface area contributed by atoms with Crippen molar-refractivity contribution in [2.75, 3.05) is 31.4 Å². The number of aromatic nitrogens is 2. The maximum Gasteiger partial charge on any atom is 0.224 e. The van der Waals surface area contributed by atoms with E-state index in [1.807, 2.05) is 49.4 Å². The van der Waals surface area contributed by atoms with E-state index in [9.17, 15) is 0 Å². The summed E-state index contributed by atoms with van der Waals surface area (Å²) in [6, 6.07) is 17.8. The Labute approximate surface area is 159 Å². The van der Waals surface area contributed by atoms with E-state index < -0.39 is 0 Å². The lowest BCUT2D eigenvalue weighted by atomic mass is 10.1. The fourth-order valence-corrected chi connectivity index (χ4v) is 2.71. The molecule has 0 radical (unpaired) electrons. The minimum absolute atomic E-state index is 0.598. The molecule has 0 bridgehead atoms. The number of benzene rings is 2. The highest BCUT2D eigenvalue weighted by Crippen LogP contribution is 2.31.